The van der Waals surface area contributed by atoms with Gasteiger partial charge in [-0.25, -0.2) is 9.38 Å². The Morgan fingerprint density at radius 1 is 1.00 bits per heavy atom. The third-order valence-electron chi connectivity index (χ3n) is 4.30. The molecule has 0 aliphatic carbocycles. The van der Waals surface area contributed by atoms with E-state index in [1.807, 2.05) is 42.6 Å². The highest BCUT2D eigenvalue weighted by atomic mass is 32.1. The van der Waals surface area contributed by atoms with Gasteiger partial charge in [0.15, 0.2) is 0 Å². The summed E-state index contributed by atoms with van der Waals surface area (Å²) in [5.74, 6) is -0.428. The molecule has 0 saturated carbocycles. The van der Waals surface area contributed by atoms with Crippen LogP contribution in [0.5, 0.6) is 0 Å². The molecule has 1 aliphatic rings. The minimum atomic E-state index is -0.373. The Kier molecular flexibility index (Phi) is 4.64. The number of amides is 1. The van der Waals surface area contributed by atoms with Crippen molar-refractivity contribution in [1.82, 2.24) is 5.32 Å². The van der Waals surface area contributed by atoms with Gasteiger partial charge in [-0.1, -0.05) is 30.3 Å². The molecule has 1 aliphatic heterocycles. The zero-order valence-corrected chi connectivity index (χ0v) is 15.3. The topological polar surface area (TPSA) is 53.8 Å². The zero-order valence-electron chi connectivity index (χ0n) is 14.5. The fourth-order valence-electron chi connectivity index (χ4n) is 3.04. The molecule has 1 atom stereocenters. The van der Waals surface area contributed by atoms with E-state index in [0.717, 1.165) is 17.0 Å². The SMILES string of the molecule is CC1=Nc2ccccc2N=C(NC(=O)c2cccs2)[C@H]1c1ccc(F)cc1. The highest BCUT2D eigenvalue weighted by molar-refractivity contribution is 7.12. The lowest BCUT2D eigenvalue weighted by atomic mass is 9.93. The van der Waals surface area contributed by atoms with Gasteiger partial charge in [0.2, 0.25) is 0 Å². The summed E-state index contributed by atoms with van der Waals surface area (Å²) in [6.45, 7) is 1.89. The number of halogens is 1. The van der Waals surface area contributed by atoms with E-state index < -0.39 is 0 Å². The summed E-state index contributed by atoms with van der Waals surface area (Å²) in [5, 5.41) is 4.79. The molecule has 134 valence electrons. The smallest absolute Gasteiger partial charge is 0.266 e. The lowest BCUT2D eigenvalue weighted by Gasteiger charge is -2.19. The molecule has 0 spiro atoms. The number of aliphatic imine (C=N–C) groups is 2. The highest BCUT2D eigenvalue weighted by Gasteiger charge is 2.27. The number of hydrogen-bond acceptors (Lipinski definition) is 4. The zero-order chi connectivity index (χ0) is 18.8. The maximum atomic E-state index is 13.4. The number of para-hydroxylation sites is 2. The predicted octanol–water partition coefficient (Wildman–Crippen LogP) is 5.24. The van der Waals surface area contributed by atoms with E-state index >= 15 is 0 Å². The first-order valence-electron chi connectivity index (χ1n) is 8.45. The third kappa shape index (κ3) is 3.57. The summed E-state index contributed by atoms with van der Waals surface area (Å²) < 4.78 is 13.4. The number of thiophene rings is 1. The maximum absolute atomic E-state index is 13.4. The molecule has 3 aromatic rings. The third-order valence-corrected chi connectivity index (χ3v) is 5.17. The quantitative estimate of drug-likeness (QED) is 0.653. The van der Waals surface area contributed by atoms with Crippen LogP contribution in [0.15, 0.2) is 76.0 Å². The molecular weight excluding hydrogens is 361 g/mol. The maximum Gasteiger partial charge on any atom is 0.266 e. The molecule has 1 N–H and O–H groups in total. The summed E-state index contributed by atoms with van der Waals surface area (Å²) in [6.07, 6.45) is 0. The van der Waals surface area contributed by atoms with Crippen LogP contribution in [-0.2, 0) is 0 Å². The van der Waals surface area contributed by atoms with Gasteiger partial charge >= 0.3 is 0 Å². The Hall–Kier alpha value is -3.12. The van der Waals surface area contributed by atoms with Crippen LogP contribution < -0.4 is 5.32 Å². The normalized spacial score (nSPS) is 16.0. The molecule has 0 bridgehead atoms. The van der Waals surface area contributed by atoms with E-state index in [1.165, 1.54) is 23.5 Å². The van der Waals surface area contributed by atoms with Gasteiger partial charge in [-0.2, -0.15) is 0 Å². The minimum Gasteiger partial charge on any atom is -0.309 e. The largest absolute Gasteiger partial charge is 0.309 e. The number of hydrogen-bond donors (Lipinski definition) is 1. The molecular formula is C21H16FN3OS. The van der Waals surface area contributed by atoms with Crippen molar-refractivity contribution >= 4 is 40.2 Å². The Bertz CT molecular complexity index is 1040. The van der Waals surface area contributed by atoms with E-state index in [0.29, 0.717) is 16.4 Å². The summed E-state index contributed by atoms with van der Waals surface area (Å²) >= 11 is 1.36. The first-order valence-corrected chi connectivity index (χ1v) is 9.33. The second-order valence-corrected chi connectivity index (χ2v) is 7.10. The van der Waals surface area contributed by atoms with Crippen molar-refractivity contribution in [2.75, 3.05) is 0 Å². The molecule has 2 heterocycles. The number of fused-ring (bicyclic) bond motifs is 1. The van der Waals surface area contributed by atoms with Crippen molar-refractivity contribution in [2.45, 2.75) is 12.8 Å². The van der Waals surface area contributed by atoms with Gasteiger partial charge in [0, 0.05) is 5.71 Å². The second kappa shape index (κ2) is 7.25. The van der Waals surface area contributed by atoms with Crippen molar-refractivity contribution in [3.63, 3.8) is 0 Å². The van der Waals surface area contributed by atoms with Crippen LogP contribution in [0.1, 0.15) is 28.1 Å². The van der Waals surface area contributed by atoms with Crippen molar-refractivity contribution in [2.24, 2.45) is 9.98 Å². The van der Waals surface area contributed by atoms with Crippen molar-refractivity contribution in [1.29, 1.82) is 0 Å². The molecule has 0 radical (unpaired) electrons. The Morgan fingerprint density at radius 3 is 2.37 bits per heavy atom. The molecule has 27 heavy (non-hydrogen) atoms. The van der Waals surface area contributed by atoms with Crippen LogP contribution in [-0.4, -0.2) is 17.5 Å². The number of nitrogens with one attached hydrogen (secondary N) is 1. The van der Waals surface area contributed by atoms with E-state index in [1.54, 1.807) is 18.2 Å². The lowest BCUT2D eigenvalue weighted by Crippen LogP contribution is -2.36. The van der Waals surface area contributed by atoms with Crippen LogP contribution in [0, 0.1) is 5.82 Å². The van der Waals surface area contributed by atoms with Crippen LogP contribution in [0.4, 0.5) is 15.8 Å². The summed E-state index contributed by atoms with van der Waals surface area (Å²) in [6, 6.07) is 17.3. The molecule has 4 rings (SSSR count). The molecule has 4 nitrogen and oxygen atoms in total. The first kappa shape index (κ1) is 17.3. The summed E-state index contributed by atoms with van der Waals surface area (Å²) in [7, 11) is 0. The monoisotopic (exact) mass is 377 g/mol. The molecule has 0 fully saturated rings. The molecule has 0 unspecified atom stereocenters. The van der Waals surface area contributed by atoms with Crippen LogP contribution >= 0.6 is 11.3 Å². The molecule has 1 aromatic heterocycles. The van der Waals surface area contributed by atoms with Crippen LogP contribution in [0.3, 0.4) is 0 Å². The highest BCUT2D eigenvalue weighted by Crippen LogP contribution is 2.34. The van der Waals surface area contributed by atoms with E-state index in [2.05, 4.69) is 5.32 Å². The fourth-order valence-corrected chi connectivity index (χ4v) is 3.66. The average Bonchev–Trinajstić information content (AvgIpc) is 3.15. The summed E-state index contributed by atoms with van der Waals surface area (Å²) in [4.78, 5) is 22.7. The number of nitrogens with zero attached hydrogens (tertiary/aromatic N) is 2. The Labute approximate surface area is 160 Å². The fraction of sp³-hybridized carbons (Fsp3) is 0.0952. The van der Waals surface area contributed by atoms with Gasteiger partial charge in [-0.15, -0.1) is 11.3 Å². The van der Waals surface area contributed by atoms with Crippen molar-refractivity contribution < 1.29 is 9.18 Å². The number of amidine groups is 1. The van der Waals surface area contributed by atoms with Crippen molar-refractivity contribution in [3.8, 4) is 0 Å². The number of carbonyl (C=O) groups excluding carboxylic acids is 1. The lowest BCUT2D eigenvalue weighted by molar-refractivity contribution is 0.0980. The van der Waals surface area contributed by atoms with E-state index in [-0.39, 0.29) is 17.6 Å². The van der Waals surface area contributed by atoms with Gasteiger partial charge in [-0.05, 0) is 48.2 Å². The van der Waals surface area contributed by atoms with Gasteiger partial charge in [0.05, 0.1) is 22.2 Å². The first-order chi connectivity index (χ1) is 13.1. The van der Waals surface area contributed by atoms with Gasteiger partial charge in [0.1, 0.15) is 11.7 Å². The van der Waals surface area contributed by atoms with E-state index in [4.69, 9.17) is 9.98 Å². The molecule has 0 saturated heterocycles. The van der Waals surface area contributed by atoms with Gasteiger partial charge < -0.3 is 5.32 Å². The molecule has 1 amide bonds. The van der Waals surface area contributed by atoms with Crippen LogP contribution in [0.2, 0.25) is 0 Å². The Morgan fingerprint density at radius 2 is 1.70 bits per heavy atom. The molecule has 2 aromatic carbocycles. The van der Waals surface area contributed by atoms with E-state index in [9.17, 15) is 9.18 Å². The molecule has 6 heteroatoms. The number of rotatable bonds is 2. The van der Waals surface area contributed by atoms with Crippen LogP contribution in [0.25, 0.3) is 0 Å². The average molecular weight is 377 g/mol. The Balaban J connectivity index is 1.81. The number of carbonyl (C=O) groups is 1. The summed E-state index contributed by atoms with van der Waals surface area (Å²) in [5.41, 5.74) is 3.01. The van der Waals surface area contributed by atoms with Gasteiger partial charge in [0.25, 0.3) is 5.91 Å². The predicted molar refractivity (Wildman–Crippen MR) is 107 cm³/mol. The minimum absolute atomic E-state index is 0.219. The second-order valence-electron chi connectivity index (χ2n) is 6.15. The van der Waals surface area contributed by atoms with Crippen molar-refractivity contribution in [3.05, 3.63) is 82.3 Å². The standard InChI is InChI=1S/C21H16FN3OS/c1-13-19(14-8-10-15(22)11-9-14)20(25-21(26)18-7-4-12-27-18)24-17-6-3-2-5-16(17)23-13/h2-12,19H,1H3,(H,24,25,26)/t19-/m1/s1. The van der Waals surface area contributed by atoms with Gasteiger partial charge in [-0.3, -0.25) is 9.79 Å². The number of benzene rings is 2.